The van der Waals surface area contributed by atoms with Crippen molar-refractivity contribution in [1.82, 2.24) is 0 Å². The van der Waals surface area contributed by atoms with Gasteiger partial charge >= 0.3 is 0 Å². The van der Waals surface area contributed by atoms with Gasteiger partial charge in [-0.2, -0.15) is 0 Å². The first-order valence-electron chi connectivity index (χ1n) is 6.45. The number of rotatable bonds is 5. The fourth-order valence-electron chi connectivity index (χ4n) is 1.84. The second kappa shape index (κ2) is 6.98. The SMILES string of the molecule is CCC(O)c1ccc(OCc2cccc(Cl)c2Cl)cc1. The summed E-state index contributed by atoms with van der Waals surface area (Å²) in [6.45, 7) is 2.30. The first-order valence-corrected chi connectivity index (χ1v) is 7.21. The number of halogens is 2. The summed E-state index contributed by atoms with van der Waals surface area (Å²) >= 11 is 12.1. The van der Waals surface area contributed by atoms with Gasteiger partial charge in [0.1, 0.15) is 12.4 Å². The molecule has 2 nitrogen and oxygen atoms in total. The van der Waals surface area contributed by atoms with Crippen LogP contribution in [0.3, 0.4) is 0 Å². The summed E-state index contributed by atoms with van der Waals surface area (Å²) in [5.41, 5.74) is 1.73. The van der Waals surface area contributed by atoms with Crippen LogP contribution in [0.4, 0.5) is 0 Å². The molecule has 0 heterocycles. The normalized spacial score (nSPS) is 12.2. The number of aliphatic hydroxyl groups excluding tert-OH is 1. The standard InChI is InChI=1S/C16H16Cl2O2/c1-2-15(19)11-6-8-13(9-7-11)20-10-12-4-3-5-14(17)16(12)18/h3-9,15,19H,2,10H2,1H3. The highest BCUT2D eigenvalue weighted by Gasteiger charge is 2.06. The Morgan fingerprint density at radius 3 is 2.45 bits per heavy atom. The second-order valence-corrected chi connectivity index (χ2v) is 5.28. The van der Waals surface area contributed by atoms with Crippen molar-refractivity contribution in [2.24, 2.45) is 0 Å². The average molecular weight is 311 g/mol. The zero-order valence-corrected chi connectivity index (χ0v) is 12.7. The minimum Gasteiger partial charge on any atom is -0.489 e. The van der Waals surface area contributed by atoms with Gasteiger partial charge in [-0.1, -0.05) is 54.4 Å². The van der Waals surface area contributed by atoms with Crippen molar-refractivity contribution in [2.75, 3.05) is 0 Å². The number of hydrogen-bond donors (Lipinski definition) is 1. The highest BCUT2D eigenvalue weighted by atomic mass is 35.5. The van der Waals surface area contributed by atoms with Gasteiger partial charge in [0.25, 0.3) is 0 Å². The predicted octanol–water partition coefficient (Wildman–Crippen LogP) is 5.02. The van der Waals surface area contributed by atoms with Gasteiger partial charge in [-0.3, -0.25) is 0 Å². The van der Waals surface area contributed by atoms with Crippen LogP contribution >= 0.6 is 23.2 Å². The summed E-state index contributed by atoms with van der Waals surface area (Å²) in [7, 11) is 0. The fraction of sp³-hybridized carbons (Fsp3) is 0.250. The molecular weight excluding hydrogens is 295 g/mol. The molecule has 2 aromatic carbocycles. The third-order valence-corrected chi connectivity index (χ3v) is 3.94. The molecule has 0 radical (unpaired) electrons. The van der Waals surface area contributed by atoms with Crippen LogP contribution in [0.2, 0.25) is 10.0 Å². The van der Waals surface area contributed by atoms with E-state index in [0.29, 0.717) is 23.1 Å². The van der Waals surface area contributed by atoms with Crippen LogP contribution < -0.4 is 4.74 Å². The van der Waals surface area contributed by atoms with E-state index in [9.17, 15) is 5.11 Å². The van der Waals surface area contributed by atoms with E-state index in [0.717, 1.165) is 16.9 Å². The van der Waals surface area contributed by atoms with E-state index in [4.69, 9.17) is 27.9 Å². The fourth-order valence-corrected chi connectivity index (χ4v) is 2.22. The molecule has 0 aliphatic heterocycles. The molecule has 0 bridgehead atoms. The van der Waals surface area contributed by atoms with Crippen molar-refractivity contribution >= 4 is 23.2 Å². The maximum Gasteiger partial charge on any atom is 0.119 e. The summed E-state index contributed by atoms with van der Waals surface area (Å²) in [5, 5.41) is 10.8. The first kappa shape index (κ1) is 15.2. The van der Waals surface area contributed by atoms with E-state index < -0.39 is 6.10 Å². The van der Waals surface area contributed by atoms with Gasteiger partial charge in [0.2, 0.25) is 0 Å². The topological polar surface area (TPSA) is 29.5 Å². The molecule has 1 unspecified atom stereocenters. The molecule has 0 aliphatic carbocycles. The second-order valence-electron chi connectivity index (χ2n) is 4.49. The Bertz CT molecular complexity index is 567. The number of benzene rings is 2. The Balaban J connectivity index is 2.02. The van der Waals surface area contributed by atoms with Crippen molar-refractivity contribution in [2.45, 2.75) is 26.1 Å². The monoisotopic (exact) mass is 310 g/mol. The van der Waals surface area contributed by atoms with Gasteiger partial charge < -0.3 is 9.84 Å². The molecule has 0 fully saturated rings. The van der Waals surface area contributed by atoms with Crippen LogP contribution in [0, 0.1) is 0 Å². The summed E-state index contributed by atoms with van der Waals surface area (Å²) < 4.78 is 5.67. The molecule has 1 atom stereocenters. The number of aliphatic hydroxyl groups is 1. The van der Waals surface area contributed by atoms with Gasteiger partial charge in [-0.05, 0) is 30.2 Å². The molecule has 2 rings (SSSR count). The molecule has 0 aliphatic rings. The minimum absolute atomic E-state index is 0.356. The van der Waals surface area contributed by atoms with E-state index in [1.165, 1.54) is 0 Å². The number of ether oxygens (including phenoxy) is 1. The molecule has 20 heavy (non-hydrogen) atoms. The van der Waals surface area contributed by atoms with Crippen molar-refractivity contribution in [1.29, 1.82) is 0 Å². The first-order chi connectivity index (χ1) is 9.61. The maximum absolute atomic E-state index is 9.72. The molecular formula is C16H16Cl2O2. The van der Waals surface area contributed by atoms with E-state index in [1.54, 1.807) is 6.07 Å². The third-order valence-electron chi connectivity index (χ3n) is 3.08. The molecule has 1 N–H and O–H groups in total. The van der Waals surface area contributed by atoms with Crippen LogP contribution in [-0.2, 0) is 6.61 Å². The van der Waals surface area contributed by atoms with Crippen molar-refractivity contribution in [3.63, 3.8) is 0 Å². The van der Waals surface area contributed by atoms with Crippen molar-refractivity contribution in [3.05, 3.63) is 63.6 Å². The van der Waals surface area contributed by atoms with Gasteiger partial charge in [-0.15, -0.1) is 0 Å². The largest absolute Gasteiger partial charge is 0.489 e. The van der Waals surface area contributed by atoms with Crippen molar-refractivity contribution < 1.29 is 9.84 Å². The quantitative estimate of drug-likeness (QED) is 0.840. The highest BCUT2D eigenvalue weighted by Crippen LogP contribution is 2.27. The zero-order chi connectivity index (χ0) is 14.5. The summed E-state index contributed by atoms with van der Waals surface area (Å²) in [5.74, 6) is 0.730. The molecule has 2 aromatic rings. The highest BCUT2D eigenvalue weighted by molar-refractivity contribution is 6.42. The van der Waals surface area contributed by atoms with Gasteiger partial charge in [-0.25, -0.2) is 0 Å². The van der Waals surface area contributed by atoms with E-state index in [2.05, 4.69) is 0 Å². The molecule has 0 aromatic heterocycles. The summed E-state index contributed by atoms with van der Waals surface area (Å²) in [4.78, 5) is 0. The Hall–Kier alpha value is -1.22. The lowest BCUT2D eigenvalue weighted by Gasteiger charge is -2.11. The van der Waals surface area contributed by atoms with E-state index in [1.807, 2.05) is 43.3 Å². The lowest BCUT2D eigenvalue weighted by molar-refractivity contribution is 0.173. The zero-order valence-electron chi connectivity index (χ0n) is 11.1. The Kier molecular flexibility index (Phi) is 5.30. The lowest BCUT2D eigenvalue weighted by Crippen LogP contribution is -1.98. The van der Waals surface area contributed by atoms with Crippen LogP contribution in [0.15, 0.2) is 42.5 Å². The van der Waals surface area contributed by atoms with Gasteiger partial charge in [0.05, 0.1) is 16.1 Å². The Morgan fingerprint density at radius 2 is 1.80 bits per heavy atom. The van der Waals surface area contributed by atoms with Gasteiger partial charge in [0, 0.05) is 5.56 Å². The molecule has 0 spiro atoms. The lowest BCUT2D eigenvalue weighted by atomic mass is 10.1. The van der Waals surface area contributed by atoms with E-state index >= 15 is 0 Å². The third kappa shape index (κ3) is 3.66. The molecule has 0 amide bonds. The number of hydrogen-bond acceptors (Lipinski definition) is 2. The maximum atomic E-state index is 9.72. The van der Waals surface area contributed by atoms with Crippen LogP contribution in [0.1, 0.15) is 30.6 Å². The summed E-state index contributed by atoms with van der Waals surface area (Å²) in [6.07, 6.45) is 0.268. The van der Waals surface area contributed by atoms with Crippen molar-refractivity contribution in [3.8, 4) is 5.75 Å². The van der Waals surface area contributed by atoms with Crippen LogP contribution in [-0.4, -0.2) is 5.11 Å². The Morgan fingerprint density at radius 1 is 1.10 bits per heavy atom. The molecule has 106 valence electrons. The van der Waals surface area contributed by atoms with Gasteiger partial charge in [0.15, 0.2) is 0 Å². The smallest absolute Gasteiger partial charge is 0.119 e. The van der Waals surface area contributed by atoms with Crippen LogP contribution in [0.25, 0.3) is 0 Å². The molecule has 4 heteroatoms. The summed E-state index contributed by atoms with van der Waals surface area (Å²) in [6, 6.07) is 12.9. The minimum atomic E-state index is -0.425. The molecule has 0 saturated heterocycles. The average Bonchev–Trinajstić information content (AvgIpc) is 2.48. The Labute approximate surface area is 128 Å². The van der Waals surface area contributed by atoms with E-state index in [-0.39, 0.29) is 0 Å². The van der Waals surface area contributed by atoms with Crippen LogP contribution in [0.5, 0.6) is 5.75 Å². The molecule has 0 saturated carbocycles. The predicted molar refractivity (Wildman–Crippen MR) is 82.5 cm³/mol.